The van der Waals surface area contributed by atoms with Gasteiger partial charge in [-0.15, -0.1) is 0 Å². The highest BCUT2D eigenvalue weighted by atomic mass is 16.3. The van der Waals surface area contributed by atoms with E-state index >= 15 is 0 Å². The van der Waals surface area contributed by atoms with Gasteiger partial charge in [-0.3, -0.25) is 0 Å². The third-order valence-corrected chi connectivity index (χ3v) is 15.8. The molecule has 0 unspecified atom stereocenters. The largest absolute Gasteiger partial charge is 0.456 e. The molecule has 0 atom stereocenters. The molecule has 2 aliphatic rings. The van der Waals surface area contributed by atoms with Crippen LogP contribution in [0.25, 0.3) is 134 Å². The maximum absolute atomic E-state index is 6.70. The van der Waals surface area contributed by atoms with Gasteiger partial charge in [0.2, 0.25) is 0 Å². The van der Waals surface area contributed by atoms with Crippen molar-refractivity contribution in [2.45, 2.75) is 5.41 Å². The first-order valence-electron chi connectivity index (χ1n) is 25.5. The molecule has 0 aliphatic heterocycles. The summed E-state index contributed by atoms with van der Waals surface area (Å²) in [7, 11) is 0. The van der Waals surface area contributed by atoms with Crippen LogP contribution in [-0.2, 0) is 5.41 Å². The molecule has 3 aromatic heterocycles. The molecule has 0 saturated carbocycles. The van der Waals surface area contributed by atoms with Crippen molar-refractivity contribution in [2.75, 3.05) is 0 Å². The Morgan fingerprint density at radius 2 is 0.680 bits per heavy atom. The van der Waals surface area contributed by atoms with Crippen LogP contribution in [0.15, 0.2) is 258 Å². The maximum Gasteiger partial charge on any atom is 0.164 e. The molecule has 348 valence electrons. The highest BCUT2D eigenvalue weighted by Gasteiger charge is 2.52. The summed E-state index contributed by atoms with van der Waals surface area (Å²) in [5.74, 6) is 1.68. The van der Waals surface area contributed by atoms with Gasteiger partial charge in [-0.25, -0.2) is 15.0 Å². The predicted octanol–water partition coefficient (Wildman–Crippen LogP) is 18.0. The molecule has 14 aromatic rings. The number of furan rings is 2. The fraction of sp³-hybridized carbons (Fsp3) is 0.0143. The third kappa shape index (κ3) is 6.10. The first-order valence-corrected chi connectivity index (χ1v) is 25.5. The second-order valence-corrected chi connectivity index (χ2v) is 19.7. The molecule has 5 heteroatoms. The topological polar surface area (TPSA) is 65.0 Å². The average Bonchev–Trinajstić information content (AvgIpc) is 4.26. The number of para-hydroxylation sites is 1. The van der Waals surface area contributed by atoms with Crippen molar-refractivity contribution in [1.29, 1.82) is 0 Å². The molecular formula is C70H41N3O2. The minimum Gasteiger partial charge on any atom is -0.456 e. The number of hydrogen-bond acceptors (Lipinski definition) is 5. The lowest BCUT2D eigenvalue weighted by Gasteiger charge is -2.32. The fourth-order valence-electron chi connectivity index (χ4n) is 12.6. The minimum absolute atomic E-state index is 0.463. The Morgan fingerprint density at radius 3 is 1.37 bits per heavy atom. The quantitative estimate of drug-likeness (QED) is 0.166. The molecule has 11 aromatic carbocycles. The molecular weight excluding hydrogens is 915 g/mol. The van der Waals surface area contributed by atoms with Crippen molar-refractivity contribution >= 4 is 43.9 Å². The van der Waals surface area contributed by atoms with E-state index in [9.17, 15) is 0 Å². The van der Waals surface area contributed by atoms with E-state index in [1.165, 1.54) is 55.6 Å². The van der Waals surface area contributed by atoms with Gasteiger partial charge in [0.25, 0.3) is 0 Å². The summed E-state index contributed by atoms with van der Waals surface area (Å²) in [6, 6.07) is 88.7. The lowest BCUT2D eigenvalue weighted by Crippen LogP contribution is -2.26. The van der Waals surface area contributed by atoms with E-state index in [1.54, 1.807) is 0 Å². The molecule has 0 N–H and O–H groups in total. The molecule has 75 heavy (non-hydrogen) atoms. The molecule has 0 fully saturated rings. The van der Waals surface area contributed by atoms with Gasteiger partial charge < -0.3 is 8.83 Å². The Bertz CT molecular complexity index is 4610. The van der Waals surface area contributed by atoms with Crippen molar-refractivity contribution < 1.29 is 8.83 Å². The van der Waals surface area contributed by atoms with E-state index < -0.39 is 5.41 Å². The number of benzene rings is 11. The zero-order chi connectivity index (χ0) is 49.2. The van der Waals surface area contributed by atoms with Crippen molar-refractivity contribution in [2.24, 2.45) is 0 Å². The lowest BCUT2D eigenvalue weighted by molar-refractivity contribution is 0.668. The molecule has 0 amide bonds. The van der Waals surface area contributed by atoms with Gasteiger partial charge in [0.05, 0.1) is 5.41 Å². The van der Waals surface area contributed by atoms with Gasteiger partial charge in [-0.05, 0) is 120 Å². The van der Waals surface area contributed by atoms with E-state index in [1.807, 2.05) is 48.5 Å². The van der Waals surface area contributed by atoms with E-state index in [2.05, 4.69) is 200 Å². The molecule has 0 radical (unpaired) electrons. The van der Waals surface area contributed by atoms with Crippen molar-refractivity contribution in [3.05, 3.63) is 271 Å². The third-order valence-electron chi connectivity index (χ3n) is 15.8. The van der Waals surface area contributed by atoms with Crippen LogP contribution >= 0.6 is 0 Å². The van der Waals surface area contributed by atoms with Gasteiger partial charge in [0.1, 0.15) is 22.3 Å². The van der Waals surface area contributed by atoms with Crippen LogP contribution in [0.3, 0.4) is 0 Å². The van der Waals surface area contributed by atoms with Crippen molar-refractivity contribution in [1.82, 2.24) is 15.0 Å². The summed E-state index contributed by atoms with van der Waals surface area (Å²) < 4.78 is 13.1. The van der Waals surface area contributed by atoms with Crippen LogP contribution in [0.1, 0.15) is 22.3 Å². The number of aromatic nitrogens is 3. The zero-order valence-electron chi connectivity index (χ0n) is 40.3. The van der Waals surface area contributed by atoms with E-state index in [4.69, 9.17) is 23.8 Å². The second kappa shape index (κ2) is 16.0. The highest BCUT2D eigenvalue weighted by Crippen LogP contribution is 2.64. The van der Waals surface area contributed by atoms with E-state index in [0.29, 0.717) is 17.5 Å². The molecule has 0 saturated heterocycles. The summed E-state index contributed by atoms with van der Waals surface area (Å²) in [5, 5.41) is 3.90. The summed E-state index contributed by atoms with van der Waals surface area (Å²) in [6.07, 6.45) is 0. The Morgan fingerprint density at radius 1 is 0.253 bits per heavy atom. The monoisotopic (exact) mass is 955 g/mol. The molecule has 2 aliphatic carbocycles. The van der Waals surface area contributed by atoms with Crippen LogP contribution in [0.2, 0.25) is 0 Å². The van der Waals surface area contributed by atoms with Gasteiger partial charge in [-0.2, -0.15) is 0 Å². The number of fused-ring (bicyclic) bond motifs is 16. The Kier molecular flexibility index (Phi) is 8.89. The first-order chi connectivity index (χ1) is 37.2. The SMILES string of the molecule is c1ccc(-c2cccc(-c3nc(-c4cccc5oc6ccccc6c45)nc(-c4cccc5oc6ccc(-c7cccc(-c8cccc9c8C8(c%10ccccc%10-c%10ccccc%108)c8ccccc8-9)c7)cc6c45)n3)c2)cc1. The van der Waals surface area contributed by atoms with Crippen LogP contribution in [-0.4, -0.2) is 15.0 Å². The molecule has 1 spiro atoms. The number of rotatable bonds is 6. The number of nitrogens with zero attached hydrogens (tertiary/aromatic N) is 3. The zero-order valence-corrected chi connectivity index (χ0v) is 40.3. The average molecular weight is 956 g/mol. The van der Waals surface area contributed by atoms with E-state index in [-0.39, 0.29) is 0 Å². The Labute approximate surface area is 431 Å². The molecule has 3 heterocycles. The van der Waals surface area contributed by atoms with Crippen molar-refractivity contribution in [3.63, 3.8) is 0 Å². The first kappa shape index (κ1) is 41.6. The van der Waals surface area contributed by atoms with Crippen molar-refractivity contribution in [3.8, 4) is 89.8 Å². The van der Waals surface area contributed by atoms with Crippen LogP contribution in [0, 0.1) is 0 Å². The predicted molar refractivity (Wildman–Crippen MR) is 303 cm³/mol. The van der Waals surface area contributed by atoms with Crippen LogP contribution in [0.5, 0.6) is 0 Å². The fourth-order valence-corrected chi connectivity index (χ4v) is 12.6. The van der Waals surface area contributed by atoms with E-state index in [0.717, 1.165) is 82.8 Å². The Hall–Kier alpha value is -9.97. The Balaban J connectivity index is 0.870. The summed E-state index contributed by atoms with van der Waals surface area (Å²) >= 11 is 0. The minimum atomic E-state index is -0.463. The molecule has 5 nitrogen and oxygen atoms in total. The molecule has 0 bridgehead atoms. The maximum atomic E-state index is 6.70. The van der Waals surface area contributed by atoms with Gasteiger partial charge in [-0.1, -0.05) is 206 Å². The molecule has 16 rings (SSSR count). The van der Waals surface area contributed by atoms with Gasteiger partial charge in [0.15, 0.2) is 17.5 Å². The summed E-state index contributed by atoms with van der Waals surface area (Å²) in [6.45, 7) is 0. The standard InChI is InChI=1S/C70H41N3O2/c1-2-17-42(18-3-1)43-19-13-22-47(40-43)67-71-68(54-29-15-35-62-64(54)53-26-7-11-34-60(53)74-62)73-69(72-67)55-30-16-36-63-65(55)56-41-45(37-38-61(56)75-63)44-20-12-21-46(39-44)48-27-14-28-52-51-25-6-10-33-59(51)70(66(48)52)57-31-8-4-23-49(57)50-24-5-9-32-58(50)70/h1-41H. The number of hydrogen-bond donors (Lipinski definition) is 0. The van der Waals surface area contributed by atoms with Gasteiger partial charge >= 0.3 is 0 Å². The lowest BCUT2D eigenvalue weighted by atomic mass is 9.68. The van der Waals surface area contributed by atoms with Gasteiger partial charge in [0, 0.05) is 38.2 Å². The highest BCUT2D eigenvalue weighted by molar-refractivity contribution is 6.14. The summed E-state index contributed by atoms with van der Waals surface area (Å²) in [4.78, 5) is 16.0. The van der Waals surface area contributed by atoms with Crippen LogP contribution in [0.4, 0.5) is 0 Å². The second-order valence-electron chi connectivity index (χ2n) is 19.7. The normalized spacial score (nSPS) is 12.9. The summed E-state index contributed by atoms with van der Waals surface area (Å²) in [5.41, 5.74) is 22.6. The smallest absolute Gasteiger partial charge is 0.164 e. The van der Waals surface area contributed by atoms with Crippen LogP contribution < -0.4 is 0 Å².